The highest BCUT2D eigenvalue weighted by molar-refractivity contribution is 7.14. The van der Waals surface area contributed by atoms with Gasteiger partial charge in [0, 0.05) is 0 Å². The highest BCUT2D eigenvalue weighted by Crippen LogP contribution is 2.36. The Morgan fingerprint density at radius 2 is 1.91 bits per heavy atom. The van der Waals surface area contributed by atoms with Crippen molar-refractivity contribution in [2.45, 2.75) is 6.18 Å². The van der Waals surface area contributed by atoms with Crippen LogP contribution in [0.2, 0.25) is 4.34 Å². The van der Waals surface area contributed by atoms with Crippen molar-refractivity contribution < 1.29 is 17.6 Å². The summed E-state index contributed by atoms with van der Waals surface area (Å²) in [5, 5.41) is -1.18. The van der Waals surface area contributed by atoms with Crippen molar-refractivity contribution in [3.63, 3.8) is 0 Å². The van der Waals surface area contributed by atoms with Crippen LogP contribution in [0.15, 0.2) is 0 Å². The Kier molecular flexibility index (Phi) is 2.06. The van der Waals surface area contributed by atoms with E-state index in [1.807, 2.05) is 0 Å². The highest BCUT2D eigenvalue weighted by atomic mass is 35.5. The fourth-order valence-corrected chi connectivity index (χ4v) is 1.34. The zero-order valence-electron chi connectivity index (χ0n) is 4.75. The van der Waals surface area contributed by atoms with E-state index in [0.29, 0.717) is 0 Å². The SMILES string of the molecule is Fc1nc(C(F)(F)F)c(Cl)s1. The standard InChI is InChI=1S/C4ClF4NS/c5-2-1(4(7,8)9)10-3(6)11-2. The number of aromatic nitrogens is 1. The van der Waals surface area contributed by atoms with E-state index in [2.05, 4.69) is 4.98 Å². The Balaban J connectivity index is 3.13. The van der Waals surface area contributed by atoms with Gasteiger partial charge in [0.05, 0.1) is 0 Å². The fraction of sp³-hybridized carbons (Fsp3) is 0.250. The third kappa shape index (κ3) is 1.81. The number of thiazole rings is 1. The average Bonchev–Trinajstić information content (AvgIpc) is 2.08. The van der Waals surface area contributed by atoms with Crippen LogP contribution >= 0.6 is 22.9 Å². The molecule has 1 aromatic heterocycles. The number of halogens is 5. The molecule has 1 aromatic rings. The van der Waals surface area contributed by atoms with Crippen LogP contribution in [-0.4, -0.2) is 4.98 Å². The van der Waals surface area contributed by atoms with Gasteiger partial charge >= 0.3 is 6.18 Å². The zero-order valence-corrected chi connectivity index (χ0v) is 6.32. The molecule has 0 aromatic carbocycles. The Labute approximate surface area is 67.6 Å². The Bertz CT molecular complexity index is 268. The molecule has 0 saturated carbocycles. The van der Waals surface area contributed by atoms with Gasteiger partial charge in [-0.05, 0) is 0 Å². The Hall–Kier alpha value is -0.360. The summed E-state index contributed by atoms with van der Waals surface area (Å²) in [5.74, 6) is 0. The van der Waals surface area contributed by atoms with Gasteiger partial charge < -0.3 is 0 Å². The third-order valence-corrected chi connectivity index (χ3v) is 1.87. The van der Waals surface area contributed by atoms with Crippen molar-refractivity contribution in [1.29, 1.82) is 0 Å². The predicted octanol–water partition coefficient (Wildman–Crippen LogP) is 2.95. The second kappa shape index (κ2) is 2.60. The lowest BCUT2D eigenvalue weighted by molar-refractivity contribution is -0.140. The van der Waals surface area contributed by atoms with E-state index in [1.165, 1.54) is 0 Å². The van der Waals surface area contributed by atoms with Crippen LogP contribution in [0.3, 0.4) is 0 Å². The molecule has 0 unspecified atom stereocenters. The van der Waals surface area contributed by atoms with E-state index in [4.69, 9.17) is 11.6 Å². The first-order chi connectivity index (χ1) is 4.91. The Morgan fingerprint density at radius 1 is 1.36 bits per heavy atom. The van der Waals surface area contributed by atoms with Gasteiger partial charge in [-0.1, -0.05) is 22.9 Å². The molecular formula is C4ClF4NS. The second-order valence-electron chi connectivity index (χ2n) is 1.59. The summed E-state index contributed by atoms with van der Waals surface area (Å²) in [6.45, 7) is 0. The first kappa shape index (κ1) is 8.73. The number of hydrogen-bond donors (Lipinski definition) is 0. The van der Waals surface area contributed by atoms with Crippen LogP contribution in [0.1, 0.15) is 5.69 Å². The lowest BCUT2D eigenvalue weighted by Crippen LogP contribution is -2.05. The van der Waals surface area contributed by atoms with Crippen LogP contribution in [-0.2, 0) is 6.18 Å². The van der Waals surface area contributed by atoms with Crippen LogP contribution in [0, 0.1) is 5.26 Å². The molecule has 0 aliphatic heterocycles. The molecule has 62 valence electrons. The lowest BCUT2D eigenvalue weighted by atomic mass is 10.5. The smallest absolute Gasteiger partial charge is 0.203 e. The van der Waals surface area contributed by atoms with E-state index in [1.54, 1.807) is 0 Å². The molecular weight excluding hydrogens is 206 g/mol. The number of hydrogen-bond acceptors (Lipinski definition) is 2. The van der Waals surface area contributed by atoms with Crippen molar-refractivity contribution in [2.75, 3.05) is 0 Å². The maximum Gasteiger partial charge on any atom is 0.435 e. The minimum absolute atomic E-state index is 0.164. The first-order valence-corrected chi connectivity index (χ1v) is 3.49. The minimum Gasteiger partial charge on any atom is -0.203 e. The summed E-state index contributed by atoms with van der Waals surface area (Å²) in [5.41, 5.74) is -1.36. The van der Waals surface area contributed by atoms with Gasteiger partial charge in [0.2, 0.25) is 0 Å². The van der Waals surface area contributed by atoms with Crippen LogP contribution in [0.25, 0.3) is 0 Å². The summed E-state index contributed by atoms with van der Waals surface area (Å²) < 4.78 is 46.6. The molecule has 1 rings (SSSR count). The molecule has 1 heterocycles. The molecule has 0 atom stereocenters. The molecule has 0 aliphatic carbocycles. The van der Waals surface area contributed by atoms with Crippen LogP contribution in [0.4, 0.5) is 17.6 Å². The second-order valence-corrected chi connectivity index (χ2v) is 3.14. The van der Waals surface area contributed by atoms with Crippen LogP contribution in [0.5, 0.6) is 0 Å². The van der Waals surface area contributed by atoms with Gasteiger partial charge in [-0.3, -0.25) is 0 Å². The highest BCUT2D eigenvalue weighted by Gasteiger charge is 2.37. The average molecular weight is 206 g/mol. The molecule has 0 radical (unpaired) electrons. The largest absolute Gasteiger partial charge is 0.435 e. The molecule has 0 saturated heterocycles. The van der Waals surface area contributed by atoms with Crippen molar-refractivity contribution >= 4 is 22.9 Å². The summed E-state index contributed by atoms with van der Waals surface area (Å²) in [6.07, 6.45) is -4.67. The molecule has 0 amide bonds. The maximum absolute atomic E-state index is 12.0. The maximum atomic E-state index is 12.0. The molecule has 7 heteroatoms. The lowest BCUT2D eigenvalue weighted by Gasteiger charge is -2.00. The van der Waals surface area contributed by atoms with Crippen LogP contribution < -0.4 is 0 Å². The topological polar surface area (TPSA) is 12.9 Å². The van der Waals surface area contributed by atoms with E-state index in [-0.39, 0.29) is 11.3 Å². The van der Waals surface area contributed by atoms with Gasteiger partial charge in [-0.25, -0.2) is 4.98 Å². The summed E-state index contributed by atoms with van der Waals surface area (Å²) in [7, 11) is 0. The van der Waals surface area contributed by atoms with Crippen molar-refractivity contribution in [3.8, 4) is 0 Å². The summed E-state index contributed by atoms with van der Waals surface area (Å²) in [6, 6.07) is 0. The third-order valence-electron chi connectivity index (χ3n) is 0.828. The molecule has 0 bridgehead atoms. The summed E-state index contributed by atoms with van der Waals surface area (Å²) in [4.78, 5) is 2.58. The number of nitrogens with zero attached hydrogens (tertiary/aromatic N) is 1. The van der Waals surface area contributed by atoms with Crippen molar-refractivity contribution in [3.05, 3.63) is 15.3 Å². The van der Waals surface area contributed by atoms with Gasteiger partial charge in [0.15, 0.2) is 5.69 Å². The minimum atomic E-state index is -4.67. The van der Waals surface area contributed by atoms with Crippen molar-refractivity contribution in [2.24, 2.45) is 0 Å². The normalized spacial score (nSPS) is 12.1. The first-order valence-electron chi connectivity index (χ1n) is 2.30. The molecule has 0 spiro atoms. The molecule has 0 fully saturated rings. The van der Waals surface area contributed by atoms with E-state index >= 15 is 0 Å². The predicted molar refractivity (Wildman–Crippen MR) is 32.1 cm³/mol. The van der Waals surface area contributed by atoms with Gasteiger partial charge in [-0.2, -0.15) is 17.6 Å². The Morgan fingerprint density at radius 3 is 2.09 bits per heavy atom. The van der Waals surface area contributed by atoms with Gasteiger partial charge in [0.1, 0.15) is 4.34 Å². The van der Waals surface area contributed by atoms with Gasteiger partial charge in [0.25, 0.3) is 5.26 Å². The van der Waals surface area contributed by atoms with E-state index < -0.39 is 21.5 Å². The fourth-order valence-electron chi connectivity index (χ4n) is 0.452. The summed E-state index contributed by atoms with van der Waals surface area (Å²) >= 11 is 5.19. The zero-order chi connectivity index (χ0) is 8.65. The van der Waals surface area contributed by atoms with Gasteiger partial charge in [-0.15, -0.1) is 0 Å². The number of rotatable bonds is 0. The van der Waals surface area contributed by atoms with E-state index in [9.17, 15) is 17.6 Å². The van der Waals surface area contributed by atoms with Crippen molar-refractivity contribution in [1.82, 2.24) is 4.98 Å². The number of alkyl halides is 3. The molecule has 1 nitrogen and oxygen atoms in total. The molecule has 0 N–H and O–H groups in total. The monoisotopic (exact) mass is 205 g/mol. The molecule has 0 aliphatic rings. The quantitative estimate of drug-likeness (QED) is 0.594. The molecule has 11 heavy (non-hydrogen) atoms. The van der Waals surface area contributed by atoms with E-state index in [0.717, 1.165) is 0 Å².